The number of hydrogen-bond donors (Lipinski definition) is 7. The summed E-state index contributed by atoms with van der Waals surface area (Å²) < 4.78 is 0. The largest absolute Gasteiger partial charge is 0.465 e. The van der Waals surface area contributed by atoms with Crippen LogP contribution in [0.3, 0.4) is 0 Å². The number of nitrogen functional groups attached to an aromatic ring is 2. The van der Waals surface area contributed by atoms with Crippen molar-refractivity contribution in [1.29, 1.82) is 0 Å². The van der Waals surface area contributed by atoms with Crippen LogP contribution in [0.1, 0.15) is 6.92 Å². The minimum absolute atomic E-state index is 0.0937. The number of urea groups is 1. The van der Waals surface area contributed by atoms with Crippen molar-refractivity contribution in [1.82, 2.24) is 35.3 Å². The number of benzene rings is 2. The first-order valence-electron chi connectivity index (χ1n) is 14.2. The fourth-order valence-electron chi connectivity index (χ4n) is 4.70. The number of hydrogen-bond acceptors (Lipinski definition) is 9. The van der Waals surface area contributed by atoms with Gasteiger partial charge in [-0.05, 0) is 77.7 Å². The van der Waals surface area contributed by atoms with E-state index in [2.05, 4.69) is 35.7 Å². The zero-order chi connectivity index (χ0) is 32.8. The third-order valence-electron chi connectivity index (χ3n) is 7.20. The van der Waals surface area contributed by atoms with Gasteiger partial charge in [-0.2, -0.15) is 10.2 Å². The first-order chi connectivity index (χ1) is 22.2. The number of aliphatic hydroxyl groups is 1. The number of carbonyl (C=O) groups is 2. The maximum absolute atomic E-state index is 12.0. The van der Waals surface area contributed by atoms with E-state index in [1.165, 1.54) is 9.80 Å². The highest BCUT2D eigenvalue weighted by Crippen LogP contribution is 2.29. The topological polar surface area (TPSA) is 228 Å². The highest BCUT2D eigenvalue weighted by molar-refractivity contribution is 5.94. The Morgan fingerprint density at radius 3 is 1.91 bits per heavy atom. The number of pyridine rings is 2. The number of amides is 3. The Balaban J connectivity index is 0.000000182. The van der Waals surface area contributed by atoms with Crippen LogP contribution in [-0.4, -0.2) is 84.3 Å². The normalized spacial score (nSPS) is 10.8. The van der Waals surface area contributed by atoms with Gasteiger partial charge in [-0.3, -0.25) is 20.4 Å². The second-order valence-corrected chi connectivity index (χ2v) is 10.2. The van der Waals surface area contributed by atoms with E-state index in [1.54, 1.807) is 38.5 Å². The van der Waals surface area contributed by atoms with E-state index in [4.69, 9.17) is 16.6 Å². The molecule has 0 saturated carbocycles. The maximum atomic E-state index is 12.0. The number of H-pyrrole nitrogens is 2. The predicted octanol–water partition coefficient (Wildman–Crippen LogP) is 4.37. The Kier molecular flexibility index (Phi) is 9.23. The number of nitrogens with two attached hydrogens (primary N) is 2. The van der Waals surface area contributed by atoms with Crippen molar-refractivity contribution in [3.05, 3.63) is 73.1 Å². The maximum Gasteiger partial charge on any atom is 0.412 e. The second kappa shape index (κ2) is 13.6. The number of aromatic amines is 2. The Bertz CT molecular complexity index is 2010. The molecular weight excluding hydrogens is 590 g/mol. The average Bonchev–Trinajstić information content (AvgIpc) is 3.63. The molecule has 0 unspecified atom stereocenters. The van der Waals surface area contributed by atoms with Crippen LogP contribution in [0.5, 0.6) is 0 Å². The smallest absolute Gasteiger partial charge is 0.412 e. The summed E-state index contributed by atoms with van der Waals surface area (Å²) in [4.78, 5) is 34.0. The molecule has 0 aliphatic heterocycles. The van der Waals surface area contributed by atoms with E-state index < -0.39 is 6.09 Å². The molecule has 0 bridgehead atoms. The van der Waals surface area contributed by atoms with Gasteiger partial charge in [0.15, 0.2) is 11.6 Å². The summed E-state index contributed by atoms with van der Waals surface area (Å²) in [5.74, 6) is 1.71. The number of fused-ring (bicyclic) bond motifs is 2. The summed E-state index contributed by atoms with van der Waals surface area (Å²) >= 11 is 0. The number of rotatable bonds is 7. The van der Waals surface area contributed by atoms with Crippen LogP contribution in [0.4, 0.5) is 32.9 Å². The fraction of sp³-hybridized carbons (Fsp3) is 0.161. The highest BCUT2D eigenvalue weighted by atomic mass is 16.4. The van der Waals surface area contributed by atoms with Crippen molar-refractivity contribution in [2.75, 3.05) is 48.4 Å². The highest BCUT2D eigenvalue weighted by Gasteiger charge is 2.15. The molecular formula is C31H33N11O4. The molecule has 9 N–H and O–H groups in total. The average molecular weight is 624 g/mol. The van der Waals surface area contributed by atoms with Gasteiger partial charge in [-0.1, -0.05) is 12.1 Å². The minimum Gasteiger partial charge on any atom is -0.465 e. The van der Waals surface area contributed by atoms with E-state index in [-0.39, 0.29) is 19.2 Å². The van der Waals surface area contributed by atoms with Gasteiger partial charge in [0.25, 0.3) is 0 Å². The number of aromatic nitrogens is 6. The van der Waals surface area contributed by atoms with E-state index in [9.17, 15) is 14.7 Å². The number of nitrogens with zero attached hydrogens (tertiary/aromatic N) is 6. The van der Waals surface area contributed by atoms with Gasteiger partial charge >= 0.3 is 12.1 Å². The van der Waals surface area contributed by atoms with E-state index in [0.717, 1.165) is 44.1 Å². The minimum atomic E-state index is -1.03. The Labute approximate surface area is 262 Å². The third-order valence-corrected chi connectivity index (χ3v) is 7.20. The molecule has 0 radical (unpaired) electrons. The predicted molar refractivity (Wildman–Crippen MR) is 177 cm³/mol. The molecule has 15 nitrogen and oxygen atoms in total. The molecule has 4 heterocycles. The van der Waals surface area contributed by atoms with Gasteiger partial charge in [-0.15, -0.1) is 0 Å². The van der Waals surface area contributed by atoms with Crippen LogP contribution >= 0.6 is 0 Å². The van der Waals surface area contributed by atoms with Gasteiger partial charge in [0, 0.05) is 43.3 Å². The third kappa shape index (κ3) is 6.79. The molecule has 0 aliphatic carbocycles. The van der Waals surface area contributed by atoms with Gasteiger partial charge in [0.2, 0.25) is 0 Å². The van der Waals surface area contributed by atoms with E-state index in [0.29, 0.717) is 29.8 Å². The van der Waals surface area contributed by atoms with Crippen LogP contribution in [0, 0.1) is 0 Å². The van der Waals surface area contributed by atoms with Crippen LogP contribution < -0.4 is 21.7 Å². The van der Waals surface area contributed by atoms with Gasteiger partial charge in [0.05, 0.1) is 17.6 Å². The molecule has 0 spiro atoms. The van der Waals surface area contributed by atoms with Crippen molar-refractivity contribution in [2.45, 2.75) is 6.92 Å². The standard InChI is InChI=1S/C16H18N6O2.C15H15N5O2/c1-22(6-7-23)16(24)19-14-9-11(4-5-18-14)10-2-3-13-12(8-10)15(17)21-20-13;1-2-20(15(21)22)13-8-10(5-6-17-13)9-3-4-12-11(7-9)14(16)19-18-12/h2-5,8-9,23H,6-7H2,1H3,(H3,17,20,21)(H,18,19,24);3-8H,2H2,1H3,(H,21,22)(H3,16,18,19). The SMILES string of the molecule is CCN(C(=O)O)c1cc(-c2ccc3[nH]nc(N)c3c2)ccn1.CN(CCO)C(=O)Nc1cc(-c2ccc3[nH]nc(N)c3c2)ccn1. The number of nitrogens with one attached hydrogen (secondary N) is 3. The lowest BCUT2D eigenvalue weighted by Crippen LogP contribution is -2.33. The Morgan fingerprint density at radius 1 is 0.826 bits per heavy atom. The molecule has 3 amide bonds. The number of carboxylic acid groups (broad SMARTS) is 1. The van der Waals surface area contributed by atoms with Crippen LogP contribution in [0.15, 0.2) is 73.1 Å². The van der Waals surface area contributed by atoms with Crippen molar-refractivity contribution in [3.63, 3.8) is 0 Å². The van der Waals surface area contributed by atoms with Crippen LogP contribution in [-0.2, 0) is 0 Å². The van der Waals surface area contributed by atoms with E-state index >= 15 is 0 Å². The summed E-state index contributed by atoms with van der Waals surface area (Å²) in [5, 5.41) is 36.1. The van der Waals surface area contributed by atoms with Crippen molar-refractivity contribution in [2.24, 2.45) is 0 Å². The molecule has 236 valence electrons. The zero-order valence-electron chi connectivity index (χ0n) is 25.1. The van der Waals surface area contributed by atoms with Crippen molar-refractivity contribution < 1.29 is 19.8 Å². The lowest BCUT2D eigenvalue weighted by atomic mass is 10.0. The summed E-state index contributed by atoms with van der Waals surface area (Å²) in [6, 6.07) is 18.4. The molecule has 0 atom stereocenters. The van der Waals surface area contributed by atoms with Crippen LogP contribution in [0.2, 0.25) is 0 Å². The molecule has 4 aromatic heterocycles. The summed E-state index contributed by atoms with van der Waals surface area (Å²) in [6.07, 6.45) is 2.20. The summed E-state index contributed by atoms with van der Waals surface area (Å²) in [5.41, 5.74) is 17.0. The van der Waals surface area contributed by atoms with Crippen molar-refractivity contribution in [3.8, 4) is 22.3 Å². The lowest BCUT2D eigenvalue weighted by Gasteiger charge is -2.16. The zero-order valence-corrected chi connectivity index (χ0v) is 25.1. The van der Waals surface area contributed by atoms with E-state index in [1.807, 2.05) is 48.5 Å². The van der Waals surface area contributed by atoms with Gasteiger partial charge in [0.1, 0.15) is 11.6 Å². The molecule has 15 heteroatoms. The summed E-state index contributed by atoms with van der Waals surface area (Å²) in [6.45, 7) is 2.26. The molecule has 0 aliphatic rings. The lowest BCUT2D eigenvalue weighted by molar-refractivity contribution is 0.201. The molecule has 6 rings (SSSR count). The Hall–Kier alpha value is -6.22. The fourth-order valence-corrected chi connectivity index (χ4v) is 4.70. The molecule has 6 aromatic rings. The van der Waals surface area contributed by atoms with Crippen molar-refractivity contribution >= 4 is 57.2 Å². The molecule has 0 saturated heterocycles. The molecule has 0 fully saturated rings. The number of aliphatic hydroxyl groups excluding tert-OH is 1. The second-order valence-electron chi connectivity index (χ2n) is 10.2. The molecule has 2 aromatic carbocycles. The summed E-state index contributed by atoms with van der Waals surface area (Å²) in [7, 11) is 1.60. The first kappa shape index (κ1) is 31.2. The van der Waals surface area contributed by atoms with Crippen LogP contribution in [0.25, 0.3) is 44.1 Å². The Morgan fingerprint density at radius 2 is 1.37 bits per heavy atom. The quantitative estimate of drug-likeness (QED) is 0.133. The number of anilines is 4. The monoisotopic (exact) mass is 623 g/mol. The number of carbonyl (C=O) groups excluding carboxylic acids is 1. The van der Waals surface area contributed by atoms with Gasteiger partial charge in [-0.25, -0.2) is 19.6 Å². The number of likely N-dealkylation sites (N-methyl/N-ethyl adjacent to an activating group) is 1. The van der Waals surface area contributed by atoms with Gasteiger partial charge < -0.3 is 26.6 Å². The first-order valence-corrected chi connectivity index (χ1v) is 14.2. The molecule has 46 heavy (non-hydrogen) atoms.